The standard InChI is InChI=1S/C25H27N3O3S/c1-27(32(30,31)24-11-4-2-5-12-24)23-10-8-9-20(19-23)25(29)26-21-13-15-22(16-14-21)28-17-6-3-7-18-28/h2,4-5,8-16,19H,3,6-7,17-18H2,1H3,(H,26,29). The minimum Gasteiger partial charge on any atom is -0.372 e. The summed E-state index contributed by atoms with van der Waals surface area (Å²) in [6, 6.07) is 22.7. The molecule has 6 nitrogen and oxygen atoms in total. The van der Waals surface area contributed by atoms with Crippen molar-refractivity contribution in [1.82, 2.24) is 0 Å². The van der Waals surface area contributed by atoms with Crippen LogP contribution in [0.3, 0.4) is 0 Å². The fourth-order valence-corrected chi connectivity index (χ4v) is 5.05. The van der Waals surface area contributed by atoms with E-state index >= 15 is 0 Å². The molecule has 3 aromatic rings. The van der Waals surface area contributed by atoms with Crippen LogP contribution in [0.4, 0.5) is 17.1 Å². The molecule has 1 aliphatic rings. The van der Waals surface area contributed by atoms with E-state index in [4.69, 9.17) is 0 Å². The summed E-state index contributed by atoms with van der Waals surface area (Å²) in [5.41, 5.74) is 2.67. The average Bonchev–Trinajstić information content (AvgIpc) is 2.85. The van der Waals surface area contributed by atoms with Gasteiger partial charge in [-0.05, 0) is 73.9 Å². The number of anilines is 3. The number of nitrogens with one attached hydrogen (secondary N) is 1. The highest BCUT2D eigenvalue weighted by molar-refractivity contribution is 7.92. The summed E-state index contributed by atoms with van der Waals surface area (Å²) >= 11 is 0. The van der Waals surface area contributed by atoms with Crippen LogP contribution in [0.15, 0.2) is 83.8 Å². The van der Waals surface area contributed by atoms with Gasteiger partial charge in [0, 0.05) is 37.1 Å². The molecule has 0 radical (unpaired) electrons. The molecular formula is C25H27N3O3S. The summed E-state index contributed by atoms with van der Waals surface area (Å²) in [7, 11) is -2.23. The lowest BCUT2D eigenvalue weighted by molar-refractivity contribution is 0.102. The minimum absolute atomic E-state index is 0.200. The van der Waals surface area contributed by atoms with Crippen LogP contribution in [-0.4, -0.2) is 34.5 Å². The van der Waals surface area contributed by atoms with Crippen LogP contribution in [0, 0.1) is 0 Å². The summed E-state index contributed by atoms with van der Waals surface area (Å²) in [6.07, 6.45) is 3.71. The molecule has 0 spiro atoms. The highest BCUT2D eigenvalue weighted by Gasteiger charge is 2.21. The van der Waals surface area contributed by atoms with Gasteiger partial charge >= 0.3 is 0 Å². The minimum atomic E-state index is -3.71. The van der Waals surface area contributed by atoms with Crippen molar-refractivity contribution in [1.29, 1.82) is 0 Å². The number of sulfonamides is 1. The van der Waals surface area contributed by atoms with Gasteiger partial charge in [0.2, 0.25) is 0 Å². The van der Waals surface area contributed by atoms with E-state index in [-0.39, 0.29) is 10.8 Å². The number of piperidine rings is 1. The van der Waals surface area contributed by atoms with Crippen LogP contribution in [0.1, 0.15) is 29.6 Å². The third-order valence-electron chi connectivity index (χ3n) is 5.72. The Morgan fingerprint density at radius 1 is 0.875 bits per heavy atom. The van der Waals surface area contributed by atoms with Crippen LogP contribution >= 0.6 is 0 Å². The number of amides is 1. The van der Waals surface area contributed by atoms with Crippen LogP contribution in [-0.2, 0) is 10.0 Å². The second-order valence-corrected chi connectivity index (χ2v) is 9.85. The maximum Gasteiger partial charge on any atom is 0.264 e. The van der Waals surface area contributed by atoms with Gasteiger partial charge in [-0.2, -0.15) is 0 Å². The average molecular weight is 450 g/mol. The van der Waals surface area contributed by atoms with Gasteiger partial charge in [0.15, 0.2) is 0 Å². The molecule has 0 saturated carbocycles. The monoisotopic (exact) mass is 449 g/mol. The Bertz CT molecular complexity index is 1170. The number of rotatable bonds is 6. The lowest BCUT2D eigenvalue weighted by atomic mass is 10.1. The summed E-state index contributed by atoms with van der Waals surface area (Å²) in [5, 5.41) is 2.90. The fourth-order valence-electron chi connectivity index (χ4n) is 3.84. The predicted octanol–water partition coefficient (Wildman–Crippen LogP) is 4.75. The van der Waals surface area contributed by atoms with E-state index in [0.29, 0.717) is 16.9 Å². The van der Waals surface area contributed by atoms with Crippen molar-refractivity contribution in [3.05, 3.63) is 84.4 Å². The second-order valence-electron chi connectivity index (χ2n) is 7.88. The predicted molar refractivity (Wildman–Crippen MR) is 129 cm³/mol. The van der Waals surface area contributed by atoms with E-state index < -0.39 is 10.0 Å². The summed E-state index contributed by atoms with van der Waals surface area (Å²) in [4.78, 5) is 15.4. The molecule has 0 bridgehead atoms. The molecule has 1 fully saturated rings. The first kappa shape index (κ1) is 21.9. The Labute approximate surface area is 189 Å². The molecular weight excluding hydrogens is 422 g/mol. The number of hydrogen-bond donors (Lipinski definition) is 1. The van der Waals surface area contributed by atoms with E-state index in [9.17, 15) is 13.2 Å². The van der Waals surface area contributed by atoms with Gasteiger partial charge in [0.1, 0.15) is 0 Å². The Balaban J connectivity index is 1.47. The molecule has 1 amide bonds. The van der Waals surface area contributed by atoms with E-state index in [2.05, 4.69) is 10.2 Å². The topological polar surface area (TPSA) is 69.7 Å². The van der Waals surface area contributed by atoms with Crippen LogP contribution < -0.4 is 14.5 Å². The van der Waals surface area contributed by atoms with Gasteiger partial charge < -0.3 is 10.2 Å². The first-order valence-electron chi connectivity index (χ1n) is 10.8. The lowest BCUT2D eigenvalue weighted by Crippen LogP contribution is -2.29. The second kappa shape index (κ2) is 9.44. The SMILES string of the molecule is CN(c1cccc(C(=O)Nc2ccc(N3CCCCC3)cc2)c1)S(=O)(=O)c1ccccc1. The van der Waals surface area contributed by atoms with E-state index in [1.807, 2.05) is 24.3 Å². The van der Waals surface area contributed by atoms with E-state index in [1.165, 1.54) is 30.6 Å². The largest absolute Gasteiger partial charge is 0.372 e. The zero-order valence-electron chi connectivity index (χ0n) is 18.1. The summed E-state index contributed by atoms with van der Waals surface area (Å²) in [6.45, 7) is 2.13. The van der Waals surface area contributed by atoms with Gasteiger partial charge in [0.05, 0.1) is 10.6 Å². The summed E-state index contributed by atoms with van der Waals surface area (Å²) in [5.74, 6) is -0.289. The van der Waals surface area contributed by atoms with Crippen molar-refractivity contribution in [2.24, 2.45) is 0 Å². The molecule has 0 atom stereocenters. The molecule has 0 aliphatic carbocycles. The third kappa shape index (κ3) is 4.78. The van der Waals surface area contributed by atoms with Gasteiger partial charge in [-0.3, -0.25) is 9.10 Å². The quantitative estimate of drug-likeness (QED) is 0.589. The zero-order chi connectivity index (χ0) is 22.6. The first-order chi connectivity index (χ1) is 15.4. The van der Waals surface area contributed by atoms with Crippen molar-refractivity contribution < 1.29 is 13.2 Å². The molecule has 1 N–H and O–H groups in total. The lowest BCUT2D eigenvalue weighted by Gasteiger charge is -2.28. The van der Waals surface area contributed by atoms with Crippen molar-refractivity contribution in [3.63, 3.8) is 0 Å². The molecule has 0 unspecified atom stereocenters. The molecule has 0 aromatic heterocycles. The van der Waals surface area contributed by atoms with Crippen molar-refractivity contribution in [3.8, 4) is 0 Å². The van der Waals surface area contributed by atoms with Crippen molar-refractivity contribution >= 4 is 33.0 Å². The normalized spacial score (nSPS) is 14.1. The molecule has 3 aromatic carbocycles. The highest BCUT2D eigenvalue weighted by Crippen LogP contribution is 2.24. The fraction of sp³-hybridized carbons (Fsp3) is 0.240. The molecule has 166 valence electrons. The smallest absolute Gasteiger partial charge is 0.264 e. The van der Waals surface area contributed by atoms with Crippen LogP contribution in [0.5, 0.6) is 0 Å². The van der Waals surface area contributed by atoms with Gasteiger partial charge in [-0.1, -0.05) is 24.3 Å². The van der Waals surface area contributed by atoms with E-state index in [1.54, 1.807) is 54.6 Å². The zero-order valence-corrected chi connectivity index (χ0v) is 18.9. The molecule has 1 heterocycles. The van der Waals surface area contributed by atoms with Gasteiger partial charge in [0.25, 0.3) is 15.9 Å². The number of carbonyl (C=O) groups excluding carboxylic acids is 1. The Hall–Kier alpha value is -3.32. The Morgan fingerprint density at radius 3 is 2.25 bits per heavy atom. The number of carbonyl (C=O) groups is 1. The number of nitrogens with zero attached hydrogens (tertiary/aromatic N) is 2. The van der Waals surface area contributed by atoms with Crippen molar-refractivity contribution in [2.75, 3.05) is 34.7 Å². The Morgan fingerprint density at radius 2 is 1.56 bits per heavy atom. The number of hydrogen-bond acceptors (Lipinski definition) is 4. The van der Waals surface area contributed by atoms with E-state index in [0.717, 1.165) is 18.8 Å². The van der Waals surface area contributed by atoms with Gasteiger partial charge in [-0.25, -0.2) is 8.42 Å². The maximum atomic E-state index is 12.9. The van der Waals surface area contributed by atoms with Crippen LogP contribution in [0.25, 0.3) is 0 Å². The first-order valence-corrected chi connectivity index (χ1v) is 12.2. The van der Waals surface area contributed by atoms with Gasteiger partial charge in [-0.15, -0.1) is 0 Å². The molecule has 32 heavy (non-hydrogen) atoms. The van der Waals surface area contributed by atoms with Crippen LogP contribution in [0.2, 0.25) is 0 Å². The summed E-state index contributed by atoms with van der Waals surface area (Å²) < 4.78 is 27.0. The van der Waals surface area contributed by atoms with Crippen molar-refractivity contribution in [2.45, 2.75) is 24.2 Å². The third-order valence-corrected chi connectivity index (χ3v) is 7.52. The molecule has 1 aliphatic heterocycles. The Kier molecular flexibility index (Phi) is 6.46. The highest BCUT2D eigenvalue weighted by atomic mass is 32.2. The molecule has 4 rings (SSSR count). The molecule has 1 saturated heterocycles. The molecule has 7 heteroatoms. The maximum absolute atomic E-state index is 12.9. The number of benzene rings is 3.